The molecule has 0 aliphatic carbocycles. The zero-order valence-electron chi connectivity index (χ0n) is 18.4. The Balaban J connectivity index is 0.00000784. The molecule has 0 saturated heterocycles. The number of rotatable bonds is 12. The molecule has 29 heavy (non-hydrogen) atoms. The summed E-state index contributed by atoms with van der Waals surface area (Å²) in [5.74, 6) is 0.552. The summed E-state index contributed by atoms with van der Waals surface area (Å²) in [6.07, 6.45) is 5.16. The van der Waals surface area contributed by atoms with Gasteiger partial charge in [-0.25, -0.2) is 4.98 Å². The van der Waals surface area contributed by atoms with Crippen LogP contribution >= 0.6 is 13.5 Å². The van der Waals surface area contributed by atoms with Crippen LogP contribution in [0.2, 0.25) is 0 Å². The van der Waals surface area contributed by atoms with Crippen LogP contribution in [0.15, 0.2) is 6.20 Å². The van der Waals surface area contributed by atoms with Crippen LogP contribution in [0.5, 0.6) is 5.75 Å². The Kier molecular flexibility index (Phi) is 13.0. The topological polar surface area (TPSA) is 102 Å². The lowest BCUT2D eigenvalue weighted by Gasteiger charge is -2.21. The van der Waals surface area contributed by atoms with Gasteiger partial charge in [-0.15, -0.1) is 0 Å². The summed E-state index contributed by atoms with van der Waals surface area (Å²) in [7, 11) is 1.54. The van der Waals surface area contributed by atoms with E-state index in [4.69, 9.17) is 9.47 Å². The maximum Gasteiger partial charge on any atom is 0.308 e. The third kappa shape index (κ3) is 9.83. The van der Waals surface area contributed by atoms with E-state index in [0.717, 1.165) is 19.3 Å². The molecule has 0 aromatic carbocycles. The van der Waals surface area contributed by atoms with Gasteiger partial charge in [-0.2, -0.15) is 18.5 Å². The van der Waals surface area contributed by atoms with Crippen LogP contribution in [0.4, 0.5) is 11.8 Å². The summed E-state index contributed by atoms with van der Waals surface area (Å²) < 4.78 is 10.7. The van der Waals surface area contributed by atoms with E-state index in [1.165, 1.54) is 6.20 Å². The highest BCUT2D eigenvalue weighted by molar-refractivity contribution is 7.59. The summed E-state index contributed by atoms with van der Waals surface area (Å²) >= 11 is 0. The van der Waals surface area contributed by atoms with Gasteiger partial charge in [-0.05, 0) is 6.42 Å². The van der Waals surface area contributed by atoms with Gasteiger partial charge in [-0.1, -0.05) is 47.5 Å². The zero-order valence-corrected chi connectivity index (χ0v) is 19.4. The van der Waals surface area contributed by atoms with Crippen molar-refractivity contribution in [3.8, 4) is 5.75 Å². The number of esters is 1. The second-order valence-corrected chi connectivity index (χ2v) is 7.35. The van der Waals surface area contributed by atoms with Crippen molar-refractivity contribution < 1.29 is 19.1 Å². The molecule has 1 heterocycles. The fraction of sp³-hybridized carbons (Fsp3) is 0.700. The number of amides is 1. The van der Waals surface area contributed by atoms with Gasteiger partial charge in [-0.3, -0.25) is 14.9 Å². The largest absolute Gasteiger partial charge is 0.491 e. The minimum Gasteiger partial charge on any atom is -0.491 e. The zero-order chi connectivity index (χ0) is 21.1. The summed E-state index contributed by atoms with van der Waals surface area (Å²) in [4.78, 5) is 32.1. The van der Waals surface area contributed by atoms with Gasteiger partial charge >= 0.3 is 5.97 Å². The summed E-state index contributed by atoms with van der Waals surface area (Å²) in [5.41, 5.74) is 0. The number of carbonyl (C=O) groups is 2. The van der Waals surface area contributed by atoms with Gasteiger partial charge in [0.25, 0.3) is 0 Å². The van der Waals surface area contributed by atoms with Gasteiger partial charge in [0, 0.05) is 18.4 Å². The minimum absolute atomic E-state index is 0. The highest BCUT2D eigenvalue weighted by atomic mass is 32.1. The molecule has 0 spiro atoms. The number of nitrogens with zero attached hydrogens (tertiary/aromatic N) is 2. The third-order valence-corrected chi connectivity index (χ3v) is 4.16. The number of nitrogens with one attached hydrogen (secondary N) is 2. The molecule has 1 amide bonds. The maximum atomic E-state index is 11.9. The molecule has 166 valence electrons. The average molecular weight is 429 g/mol. The number of methoxy groups -OCH3 is 1. The molecule has 0 fully saturated rings. The molecule has 0 saturated carbocycles. The first-order chi connectivity index (χ1) is 13.3. The highest BCUT2D eigenvalue weighted by Gasteiger charge is 2.17. The second kappa shape index (κ2) is 14.0. The first-order valence-corrected chi connectivity index (χ1v) is 9.93. The number of unbranched alkanes of at least 4 members (excludes halogenated alkanes) is 1. The lowest BCUT2D eigenvalue weighted by Crippen LogP contribution is -2.25. The fourth-order valence-electron chi connectivity index (χ4n) is 2.34. The van der Waals surface area contributed by atoms with Crippen molar-refractivity contribution in [1.82, 2.24) is 9.97 Å². The minimum atomic E-state index is -0.201. The number of aromatic nitrogens is 2. The fourth-order valence-corrected chi connectivity index (χ4v) is 2.34. The number of hydrogen-bond acceptors (Lipinski definition) is 7. The van der Waals surface area contributed by atoms with Crippen LogP contribution < -0.4 is 15.4 Å². The Morgan fingerprint density at radius 2 is 1.83 bits per heavy atom. The van der Waals surface area contributed by atoms with Crippen molar-refractivity contribution in [2.75, 3.05) is 24.4 Å². The van der Waals surface area contributed by atoms with Crippen LogP contribution in [0.25, 0.3) is 0 Å². The molecule has 1 aromatic heterocycles. The Labute approximate surface area is 181 Å². The monoisotopic (exact) mass is 428 g/mol. The third-order valence-electron chi connectivity index (χ3n) is 4.16. The molecule has 0 aliphatic heterocycles. The van der Waals surface area contributed by atoms with Crippen molar-refractivity contribution in [2.24, 2.45) is 11.8 Å². The van der Waals surface area contributed by atoms with E-state index in [0.29, 0.717) is 24.6 Å². The Hall–Kier alpha value is -2.03. The number of anilines is 2. The standard InChI is InChI=1S/C20H34N4O4.H2S/c1-7-8-9-15(10-11-28-19(26)14(4)5)22-17-16(27-6)12-21-20(23-17)24-18(25)13(2)3;/h12-15H,7-11H2,1-6H3,(H2,21,22,23,24,25);1H2/t15-;/m0./s1. The van der Waals surface area contributed by atoms with Crippen molar-refractivity contribution in [2.45, 2.75) is 66.3 Å². The predicted octanol–water partition coefficient (Wildman–Crippen LogP) is 3.75. The number of carbonyl (C=O) groups excluding carboxylic acids is 2. The second-order valence-electron chi connectivity index (χ2n) is 7.35. The lowest BCUT2D eigenvalue weighted by atomic mass is 10.1. The number of hydrogen-bond donors (Lipinski definition) is 2. The molecule has 0 radical (unpaired) electrons. The normalized spacial score (nSPS) is 11.6. The van der Waals surface area contributed by atoms with Crippen molar-refractivity contribution >= 4 is 37.1 Å². The van der Waals surface area contributed by atoms with Crippen LogP contribution in [-0.4, -0.2) is 41.6 Å². The quantitative estimate of drug-likeness (QED) is 0.489. The van der Waals surface area contributed by atoms with Gasteiger partial charge in [0.1, 0.15) is 0 Å². The lowest BCUT2D eigenvalue weighted by molar-refractivity contribution is -0.147. The predicted molar refractivity (Wildman–Crippen MR) is 120 cm³/mol. The van der Waals surface area contributed by atoms with E-state index in [9.17, 15) is 9.59 Å². The molecular weight excluding hydrogens is 392 g/mol. The average Bonchev–Trinajstić information content (AvgIpc) is 2.65. The molecule has 0 bridgehead atoms. The van der Waals surface area contributed by atoms with Crippen molar-refractivity contribution in [3.63, 3.8) is 0 Å². The number of ether oxygens (including phenoxy) is 2. The molecule has 1 aromatic rings. The molecule has 8 nitrogen and oxygen atoms in total. The Morgan fingerprint density at radius 1 is 1.14 bits per heavy atom. The summed E-state index contributed by atoms with van der Waals surface area (Å²) in [6, 6.07) is 0.0531. The molecule has 0 aliphatic rings. The molecule has 9 heteroatoms. The van der Waals surface area contributed by atoms with E-state index >= 15 is 0 Å². The summed E-state index contributed by atoms with van der Waals surface area (Å²) in [5, 5.41) is 6.05. The van der Waals surface area contributed by atoms with Crippen molar-refractivity contribution in [3.05, 3.63) is 6.20 Å². The van der Waals surface area contributed by atoms with E-state index < -0.39 is 0 Å². The first kappa shape index (κ1) is 27.0. The molecule has 2 N–H and O–H groups in total. The van der Waals surface area contributed by atoms with Crippen LogP contribution in [0.3, 0.4) is 0 Å². The van der Waals surface area contributed by atoms with Gasteiger partial charge in [0.2, 0.25) is 11.9 Å². The molecule has 1 atom stereocenters. The molecule has 0 unspecified atom stereocenters. The van der Waals surface area contributed by atoms with Gasteiger partial charge in [0.05, 0.1) is 25.8 Å². The highest BCUT2D eigenvalue weighted by Crippen LogP contribution is 2.24. The summed E-state index contributed by atoms with van der Waals surface area (Å²) in [6.45, 7) is 9.69. The first-order valence-electron chi connectivity index (χ1n) is 9.93. The smallest absolute Gasteiger partial charge is 0.308 e. The molecule has 1 rings (SSSR count). The van der Waals surface area contributed by atoms with E-state index in [1.807, 2.05) is 13.8 Å². The van der Waals surface area contributed by atoms with Crippen molar-refractivity contribution in [1.29, 1.82) is 0 Å². The van der Waals surface area contributed by atoms with E-state index in [1.54, 1.807) is 21.0 Å². The SMILES string of the molecule is CCCC[C@@H](CCOC(=O)C(C)C)Nc1nc(NC(=O)C(C)C)ncc1OC.S. The van der Waals surface area contributed by atoms with E-state index in [-0.39, 0.29) is 49.2 Å². The Morgan fingerprint density at radius 3 is 2.38 bits per heavy atom. The van der Waals surface area contributed by atoms with Gasteiger partial charge in [0.15, 0.2) is 11.6 Å². The van der Waals surface area contributed by atoms with Crippen LogP contribution in [0, 0.1) is 11.8 Å². The maximum absolute atomic E-state index is 11.9. The Bertz CT molecular complexity index is 641. The van der Waals surface area contributed by atoms with Gasteiger partial charge < -0.3 is 14.8 Å². The molecular formula is C20H36N4O4S. The van der Waals surface area contributed by atoms with Crippen LogP contribution in [-0.2, 0) is 14.3 Å². The van der Waals surface area contributed by atoms with Crippen LogP contribution in [0.1, 0.15) is 60.3 Å². The van der Waals surface area contributed by atoms with E-state index in [2.05, 4.69) is 27.5 Å².